The average molecular weight is 358 g/mol. The minimum Gasteiger partial charge on any atom is -0.494 e. The zero-order chi connectivity index (χ0) is 18.5. The first-order valence-electron chi connectivity index (χ1n) is 7.04. The number of carboxylic acid groups (broad SMARTS) is 1. The summed E-state index contributed by atoms with van der Waals surface area (Å²) in [5, 5.41) is 14.3. The van der Waals surface area contributed by atoms with E-state index in [9.17, 15) is 14.4 Å². The van der Waals surface area contributed by atoms with Gasteiger partial charge in [-0.25, -0.2) is 4.79 Å². The van der Waals surface area contributed by atoms with E-state index in [0.717, 1.165) is 0 Å². The van der Waals surface area contributed by atoms with E-state index in [0.29, 0.717) is 0 Å². The summed E-state index contributed by atoms with van der Waals surface area (Å²) in [5.41, 5.74) is 4.50. The molecule has 0 radical (unpaired) electrons. The van der Waals surface area contributed by atoms with Crippen molar-refractivity contribution < 1.29 is 24.2 Å². The van der Waals surface area contributed by atoms with Crippen molar-refractivity contribution in [1.82, 2.24) is 5.32 Å². The highest BCUT2D eigenvalue weighted by atomic mass is 35.5. The van der Waals surface area contributed by atoms with Crippen LogP contribution in [0, 0.1) is 5.41 Å². The van der Waals surface area contributed by atoms with Crippen molar-refractivity contribution in [1.29, 1.82) is 0 Å². The van der Waals surface area contributed by atoms with E-state index in [4.69, 9.17) is 27.2 Å². The molecule has 0 fully saturated rings. The lowest BCUT2D eigenvalue weighted by molar-refractivity contribution is -0.147. The van der Waals surface area contributed by atoms with Crippen molar-refractivity contribution >= 4 is 35.2 Å². The number of carbonyl (C=O) groups is 3. The molecule has 0 aromatic heterocycles. The Kier molecular flexibility index (Phi) is 6.42. The number of benzene rings is 1. The Labute approximate surface area is 144 Å². The number of rotatable bonds is 7. The van der Waals surface area contributed by atoms with Crippen molar-refractivity contribution in [3.63, 3.8) is 0 Å². The lowest BCUT2D eigenvalue weighted by Crippen LogP contribution is -2.34. The molecule has 5 N–H and O–H groups in total. The average Bonchev–Trinajstić information content (AvgIpc) is 2.46. The number of anilines is 1. The van der Waals surface area contributed by atoms with Gasteiger partial charge in [-0.3, -0.25) is 9.59 Å². The lowest BCUT2D eigenvalue weighted by atomic mass is 9.90. The number of aliphatic carboxylic acids is 1. The molecule has 0 saturated heterocycles. The predicted molar refractivity (Wildman–Crippen MR) is 89.6 cm³/mol. The van der Waals surface area contributed by atoms with Crippen LogP contribution >= 0.6 is 11.6 Å². The fourth-order valence-electron chi connectivity index (χ4n) is 1.85. The number of urea groups is 1. The minimum atomic E-state index is -0.958. The Balaban J connectivity index is 2.81. The van der Waals surface area contributed by atoms with Crippen molar-refractivity contribution in [2.24, 2.45) is 11.1 Å². The highest BCUT2D eigenvalue weighted by Crippen LogP contribution is 2.32. The summed E-state index contributed by atoms with van der Waals surface area (Å²) in [6.07, 6.45) is 0.245. The van der Waals surface area contributed by atoms with Gasteiger partial charge in [-0.15, -0.1) is 0 Å². The highest BCUT2D eigenvalue weighted by Gasteiger charge is 2.26. The van der Waals surface area contributed by atoms with Crippen LogP contribution in [0.3, 0.4) is 0 Å². The second-order valence-electron chi connectivity index (χ2n) is 5.72. The Hall–Kier alpha value is -2.48. The molecule has 24 heavy (non-hydrogen) atoms. The van der Waals surface area contributed by atoms with E-state index in [1.807, 2.05) is 0 Å². The van der Waals surface area contributed by atoms with E-state index >= 15 is 0 Å². The van der Waals surface area contributed by atoms with Crippen LogP contribution in [0.1, 0.15) is 30.6 Å². The van der Waals surface area contributed by atoms with Crippen molar-refractivity contribution in [2.75, 3.05) is 19.0 Å². The summed E-state index contributed by atoms with van der Waals surface area (Å²) in [6, 6.07) is 2.15. The topological polar surface area (TPSA) is 131 Å². The van der Waals surface area contributed by atoms with Gasteiger partial charge in [0, 0.05) is 11.6 Å². The van der Waals surface area contributed by atoms with Crippen LogP contribution in [0.2, 0.25) is 5.02 Å². The van der Waals surface area contributed by atoms with Gasteiger partial charge in [0.15, 0.2) is 5.75 Å². The third-order valence-electron chi connectivity index (χ3n) is 3.39. The normalized spacial score (nSPS) is 10.8. The number of amides is 3. The van der Waals surface area contributed by atoms with Gasteiger partial charge in [-0.05, 0) is 32.4 Å². The maximum absolute atomic E-state index is 11.9. The standard InChI is InChI=1S/C15H20ClN3O5/c1-15(2,13(21)22)4-5-18-14(23)19-10-7-8(16)6-9(12(17)20)11(10)24-3/h6-7H,4-5H2,1-3H3,(H2,17,20)(H,21,22)(H2,18,19,23). The number of nitrogens with one attached hydrogen (secondary N) is 2. The number of carbonyl (C=O) groups excluding carboxylic acids is 2. The van der Waals surface area contributed by atoms with Gasteiger partial charge in [0.25, 0.3) is 5.91 Å². The van der Waals surface area contributed by atoms with E-state index in [1.54, 1.807) is 13.8 Å². The van der Waals surface area contributed by atoms with Crippen LogP contribution in [-0.2, 0) is 4.79 Å². The highest BCUT2D eigenvalue weighted by molar-refractivity contribution is 6.31. The van der Waals surface area contributed by atoms with E-state index < -0.39 is 23.3 Å². The maximum atomic E-state index is 11.9. The third kappa shape index (κ3) is 5.02. The molecule has 132 valence electrons. The molecule has 1 aromatic carbocycles. The molecular formula is C15H20ClN3O5. The molecule has 0 aliphatic carbocycles. The molecule has 0 unspecified atom stereocenters. The number of carboxylic acids is 1. The second kappa shape index (κ2) is 7.87. The van der Waals surface area contributed by atoms with E-state index in [-0.39, 0.29) is 35.0 Å². The monoisotopic (exact) mass is 357 g/mol. The summed E-state index contributed by atoms with van der Waals surface area (Å²) < 4.78 is 5.10. The van der Waals surface area contributed by atoms with Gasteiger partial charge in [-0.2, -0.15) is 0 Å². The Morgan fingerprint density at radius 1 is 1.33 bits per heavy atom. The molecule has 9 heteroatoms. The van der Waals surface area contributed by atoms with Crippen LogP contribution in [-0.4, -0.2) is 36.7 Å². The number of hydrogen-bond acceptors (Lipinski definition) is 4. The lowest BCUT2D eigenvalue weighted by Gasteiger charge is -2.19. The van der Waals surface area contributed by atoms with Crippen LogP contribution in [0.25, 0.3) is 0 Å². The van der Waals surface area contributed by atoms with Crippen LogP contribution < -0.4 is 21.1 Å². The van der Waals surface area contributed by atoms with E-state index in [1.165, 1.54) is 19.2 Å². The molecule has 0 atom stereocenters. The van der Waals surface area contributed by atoms with Gasteiger partial charge in [-0.1, -0.05) is 11.6 Å². The minimum absolute atomic E-state index is 0.0345. The molecular weight excluding hydrogens is 338 g/mol. The van der Waals surface area contributed by atoms with Gasteiger partial charge in [0.2, 0.25) is 0 Å². The number of halogens is 1. The second-order valence-corrected chi connectivity index (χ2v) is 6.15. The Bertz CT molecular complexity index is 661. The molecule has 3 amide bonds. The Morgan fingerprint density at radius 3 is 2.46 bits per heavy atom. The molecule has 0 bridgehead atoms. The van der Waals surface area contributed by atoms with Crippen LogP contribution in [0.5, 0.6) is 5.75 Å². The van der Waals surface area contributed by atoms with Crippen molar-refractivity contribution in [3.05, 3.63) is 22.7 Å². The van der Waals surface area contributed by atoms with Gasteiger partial charge in [0.05, 0.1) is 23.8 Å². The van der Waals surface area contributed by atoms with Crippen LogP contribution in [0.15, 0.2) is 12.1 Å². The van der Waals surface area contributed by atoms with Crippen molar-refractivity contribution in [3.8, 4) is 5.75 Å². The van der Waals surface area contributed by atoms with Gasteiger partial charge in [0.1, 0.15) is 0 Å². The molecule has 1 rings (SSSR count). The first kappa shape index (κ1) is 19.6. The molecule has 1 aromatic rings. The molecule has 0 spiro atoms. The van der Waals surface area contributed by atoms with E-state index in [2.05, 4.69) is 10.6 Å². The number of methoxy groups -OCH3 is 1. The third-order valence-corrected chi connectivity index (χ3v) is 3.60. The maximum Gasteiger partial charge on any atom is 0.319 e. The fraction of sp³-hybridized carbons (Fsp3) is 0.400. The SMILES string of the molecule is COc1c(NC(=O)NCCC(C)(C)C(=O)O)cc(Cl)cc1C(N)=O. The van der Waals surface area contributed by atoms with Crippen LogP contribution in [0.4, 0.5) is 10.5 Å². The summed E-state index contributed by atoms with van der Waals surface area (Å²) in [4.78, 5) is 34.4. The molecule has 0 heterocycles. The van der Waals surface area contributed by atoms with Crippen molar-refractivity contribution in [2.45, 2.75) is 20.3 Å². The summed E-state index contributed by atoms with van der Waals surface area (Å²) in [7, 11) is 1.33. The smallest absolute Gasteiger partial charge is 0.319 e. The number of primary amides is 1. The number of hydrogen-bond donors (Lipinski definition) is 4. The number of ether oxygens (including phenoxy) is 1. The molecule has 0 aliphatic rings. The first-order valence-corrected chi connectivity index (χ1v) is 7.42. The van der Waals surface area contributed by atoms with Gasteiger partial charge < -0.3 is 26.2 Å². The zero-order valence-corrected chi connectivity index (χ0v) is 14.4. The predicted octanol–water partition coefficient (Wildman–Crippen LogP) is 2.07. The molecule has 0 saturated carbocycles. The quantitative estimate of drug-likeness (QED) is 0.593. The summed E-state index contributed by atoms with van der Waals surface area (Å²) >= 11 is 5.91. The largest absolute Gasteiger partial charge is 0.494 e. The summed E-state index contributed by atoms with van der Waals surface area (Å²) in [5.74, 6) is -1.61. The molecule has 0 aliphatic heterocycles. The summed E-state index contributed by atoms with van der Waals surface area (Å²) in [6.45, 7) is 3.28. The number of nitrogens with two attached hydrogens (primary N) is 1. The van der Waals surface area contributed by atoms with Gasteiger partial charge >= 0.3 is 12.0 Å². The first-order chi connectivity index (χ1) is 11.1. The fourth-order valence-corrected chi connectivity index (χ4v) is 2.07. The zero-order valence-electron chi connectivity index (χ0n) is 13.6. The molecule has 8 nitrogen and oxygen atoms in total. The Morgan fingerprint density at radius 2 is 1.96 bits per heavy atom.